The number of ketones is 1. The first-order chi connectivity index (χ1) is 17.2. The summed E-state index contributed by atoms with van der Waals surface area (Å²) in [7, 11) is 1.49. The molecule has 1 atom stereocenters. The molecule has 0 saturated carbocycles. The van der Waals surface area contributed by atoms with E-state index >= 15 is 0 Å². The summed E-state index contributed by atoms with van der Waals surface area (Å²) in [5, 5.41) is 5.88. The molecule has 3 aromatic rings. The summed E-state index contributed by atoms with van der Waals surface area (Å²) in [6, 6.07) is 13.0. The summed E-state index contributed by atoms with van der Waals surface area (Å²) in [5.74, 6) is -1.61. The van der Waals surface area contributed by atoms with Gasteiger partial charge in [-0.1, -0.05) is 36.7 Å². The molecule has 7 nitrogen and oxygen atoms in total. The number of aromatic nitrogens is 1. The number of hydrogen-bond acceptors (Lipinski definition) is 3. The third-order valence-corrected chi connectivity index (χ3v) is 6.75. The van der Waals surface area contributed by atoms with E-state index in [0.717, 1.165) is 24.1 Å². The molecule has 0 aliphatic carbocycles. The van der Waals surface area contributed by atoms with E-state index in [1.807, 2.05) is 24.3 Å². The number of aryl methyl sites for hydroxylation is 1. The van der Waals surface area contributed by atoms with Crippen LogP contribution < -0.4 is 15.5 Å². The number of nitrogens with one attached hydrogen (secondary N) is 2. The Morgan fingerprint density at radius 3 is 2.61 bits per heavy atom. The number of anilines is 2. The van der Waals surface area contributed by atoms with Crippen molar-refractivity contribution in [2.75, 3.05) is 23.8 Å². The Morgan fingerprint density at radius 1 is 1.14 bits per heavy atom. The predicted molar refractivity (Wildman–Crippen MR) is 139 cm³/mol. The number of rotatable bonds is 6. The Kier molecular flexibility index (Phi) is 7.45. The molecular weight excluding hydrogens is 483 g/mol. The van der Waals surface area contributed by atoms with Gasteiger partial charge in [-0.15, -0.1) is 0 Å². The lowest BCUT2D eigenvalue weighted by Crippen LogP contribution is -2.38. The molecule has 0 spiro atoms. The molecule has 36 heavy (non-hydrogen) atoms. The Balaban J connectivity index is 1.82. The van der Waals surface area contributed by atoms with Crippen LogP contribution in [-0.4, -0.2) is 35.9 Å². The molecule has 0 unspecified atom stereocenters. The van der Waals surface area contributed by atoms with Gasteiger partial charge in [0, 0.05) is 35.9 Å². The van der Waals surface area contributed by atoms with Crippen molar-refractivity contribution in [1.82, 2.24) is 9.88 Å². The average Bonchev–Trinajstić information content (AvgIpc) is 3.20. The van der Waals surface area contributed by atoms with Crippen molar-refractivity contribution in [3.63, 3.8) is 0 Å². The average molecular weight is 511 g/mol. The first kappa shape index (κ1) is 25.4. The van der Waals surface area contributed by atoms with Gasteiger partial charge >= 0.3 is 6.03 Å². The largest absolute Gasteiger partial charge is 0.354 e. The van der Waals surface area contributed by atoms with Crippen LogP contribution in [0.5, 0.6) is 0 Å². The Bertz CT molecular complexity index is 1340. The molecule has 2 aromatic carbocycles. The number of carbonyl (C=O) groups is 3. The second-order valence-electron chi connectivity index (χ2n) is 8.90. The molecule has 0 radical (unpaired) electrons. The molecule has 3 amide bonds. The lowest BCUT2D eigenvalue weighted by molar-refractivity contribution is -0.117. The van der Waals surface area contributed by atoms with Crippen LogP contribution in [0.25, 0.3) is 0 Å². The summed E-state index contributed by atoms with van der Waals surface area (Å²) < 4.78 is 15.7. The van der Waals surface area contributed by atoms with Gasteiger partial charge in [0.1, 0.15) is 17.3 Å². The van der Waals surface area contributed by atoms with Gasteiger partial charge in [0.15, 0.2) is 0 Å². The fourth-order valence-electron chi connectivity index (χ4n) is 4.76. The number of fused-ring (bicyclic) bond motifs is 1. The first-order valence-electron chi connectivity index (χ1n) is 11.8. The molecule has 2 heterocycles. The highest BCUT2D eigenvalue weighted by molar-refractivity contribution is 6.31. The third kappa shape index (κ3) is 4.99. The van der Waals surface area contributed by atoms with Crippen LogP contribution in [0.1, 0.15) is 53.5 Å². The molecule has 1 aromatic heterocycles. The number of hydrogen-bond donors (Lipinski definition) is 2. The fraction of sp³-hybridized carbons (Fsp3) is 0.296. The zero-order chi connectivity index (χ0) is 26.0. The smallest absolute Gasteiger partial charge is 0.326 e. The number of urea groups is 1. The highest BCUT2D eigenvalue weighted by Crippen LogP contribution is 2.37. The quantitative estimate of drug-likeness (QED) is 0.468. The van der Waals surface area contributed by atoms with Gasteiger partial charge in [-0.05, 0) is 61.2 Å². The van der Waals surface area contributed by atoms with Gasteiger partial charge in [-0.3, -0.25) is 14.5 Å². The molecule has 188 valence electrons. The van der Waals surface area contributed by atoms with Gasteiger partial charge in [0.2, 0.25) is 0 Å². The molecule has 1 aliphatic rings. The third-order valence-electron chi connectivity index (χ3n) is 6.41. The van der Waals surface area contributed by atoms with Crippen LogP contribution in [0, 0.1) is 5.82 Å². The minimum absolute atomic E-state index is 0.0994. The van der Waals surface area contributed by atoms with Gasteiger partial charge < -0.3 is 15.2 Å². The maximum atomic E-state index is 14.2. The second-order valence-corrected chi connectivity index (χ2v) is 9.30. The van der Waals surface area contributed by atoms with E-state index in [9.17, 15) is 18.8 Å². The van der Waals surface area contributed by atoms with E-state index in [0.29, 0.717) is 28.5 Å². The van der Waals surface area contributed by atoms with Crippen molar-refractivity contribution in [2.45, 2.75) is 39.2 Å². The van der Waals surface area contributed by atoms with Crippen LogP contribution >= 0.6 is 11.6 Å². The van der Waals surface area contributed by atoms with Crippen molar-refractivity contribution in [3.05, 3.63) is 81.9 Å². The summed E-state index contributed by atoms with van der Waals surface area (Å²) in [5.41, 5.74) is 3.43. The molecule has 4 rings (SSSR count). The normalized spacial score (nSPS) is 13.6. The van der Waals surface area contributed by atoms with Crippen LogP contribution in [0.15, 0.2) is 48.5 Å². The maximum Gasteiger partial charge on any atom is 0.326 e. The van der Waals surface area contributed by atoms with E-state index < -0.39 is 17.6 Å². The molecule has 0 saturated heterocycles. The number of benzene rings is 2. The molecule has 0 fully saturated rings. The number of halogens is 2. The number of nitrogens with zero attached hydrogens (tertiary/aromatic N) is 2. The molecule has 2 N–H and O–H groups in total. The summed E-state index contributed by atoms with van der Waals surface area (Å²) >= 11 is 6.41. The summed E-state index contributed by atoms with van der Waals surface area (Å²) in [6.07, 6.45) is 1.71. The van der Waals surface area contributed by atoms with Crippen molar-refractivity contribution >= 4 is 40.7 Å². The minimum Gasteiger partial charge on any atom is -0.354 e. The SMILES string of the molecule is CNC(=O)c1cc(NC(=O)N2CCCc3ccccc32)c([C@H](C)c2cc(F)ccc2Cl)n1CC(C)=O. The van der Waals surface area contributed by atoms with Gasteiger partial charge in [-0.25, -0.2) is 9.18 Å². The number of Topliss-reactive ketones (excluding diaryl/α,β-unsaturated/α-hetero) is 1. The van der Waals surface area contributed by atoms with Crippen molar-refractivity contribution in [3.8, 4) is 0 Å². The lowest BCUT2D eigenvalue weighted by atomic mass is 9.96. The molecule has 0 bridgehead atoms. The van der Waals surface area contributed by atoms with E-state index in [4.69, 9.17) is 11.6 Å². The Labute approximate surface area is 214 Å². The predicted octanol–water partition coefficient (Wildman–Crippen LogP) is 5.37. The van der Waals surface area contributed by atoms with Gasteiger partial charge in [0.25, 0.3) is 5.91 Å². The highest BCUT2D eigenvalue weighted by atomic mass is 35.5. The number of para-hydroxylation sites is 1. The van der Waals surface area contributed by atoms with Crippen LogP contribution in [-0.2, 0) is 17.8 Å². The van der Waals surface area contributed by atoms with Gasteiger partial charge in [0.05, 0.1) is 12.2 Å². The Hall–Kier alpha value is -3.65. The molecular formula is C27H28ClFN4O3. The fourth-order valence-corrected chi connectivity index (χ4v) is 5.04. The van der Waals surface area contributed by atoms with Crippen molar-refractivity contribution in [2.24, 2.45) is 0 Å². The first-order valence-corrected chi connectivity index (χ1v) is 12.1. The van der Waals surface area contributed by atoms with E-state index in [-0.39, 0.29) is 24.1 Å². The zero-order valence-electron chi connectivity index (χ0n) is 20.4. The van der Waals surface area contributed by atoms with E-state index in [2.05, 4.69) is 10.6 Å². The minimum atomic E-state index is -0.546. The monoisotopic (exact) mass is 510 g/mol. The molecule has 1 aliphatic heterocycles. The van der Waals surface area contributed by atoms with Crippen LogP contribution in [0.3, 0.4) is 0 Å². The Morgan fingerprint density at radius 2 is 1.89 bits per heavy atom. The van der Waals surface area contributed by atoms with Crippen LogP contribution in [0.4, 0.5) is 20.6 Å². The van der Waals surface area contributed by atoms with Crippen LogP contribution in [0.2, 0.25) is 5.02 Å². The molecule has 9 heteroatoms. The maximum absolute atomic E-state index is 14.2. The standard InChI is InChI=1S/C27H28ClFN4O3/c1-16(34)15-33-24(26(35)30-3)14-22(25(33)17(2)20-13-19(29)10-11-21(20)28)31-27(36)32-12-6-8-18-7-4-5-9-23(18)32/h4-5,7,9-11,13-14,17H,6,8,12,15H2,1-3H3,(H,30,35)(H,31,36)/t17-/m1/s1. The lowest BCUT2D eigenvalue weighted by Gasteiger charge is -2.30. The number of carbonyl (C=O) groups excluding carboxylic acids is 3. The number of amides is 3. The summed E-state index contributed by atoms with van der Waals surface area (Å²) in [6.45, 7) is 3.66. The van der Waals surface area contributed by atoms with Crippen molar-refractivity contribution < 1.29 is 18.8 Å². The topological polar surface area (TPSA) is 83.4 Å². The van der Waals surface area contributed by atoms with E-state index in [1.54, 1.807) is 22.5 Å². The second kappa shape index (κ2) is 10.5. The van der Waals surface area contributed by atoms with Gasteiger partial charge in [-0.2, -0.15) is 0 Å². The van der Waals surface area contributed by atoms with Crippen molar-refractivity contribution in [1.29, 1.82) is 0 Å². The zero-order valence-corrected chi connectivity index (χ0v) is 21.2. The highest BCUT2D eigenvalue weighted by Gasteiger charge is 2.29. The summed E-state index contributed by atoms with van der Waals surface area (Å²) in [4.78, 5) is 40.1. The van der Waals surface area contributed by atoms with E-state index in [1.165, 1.54) is 32.2 Å².